The minimum Gasteiger partial charge on any atom is -0.348 e. The summed E-state index contributed by atoms with van der Waals surface area (Å²) >= 11 is 0. The second-order valence-corrected chi connectivity index (χ2v) is 7.16. The number of nitrogens with zero attached hydrogens (tertiary/aromatic N) is 3. The van der Waals surface area contributed by atoms with E-state index in [9.17, 15) is 4.79 Å². The summed E-state index contributed by atoms with van der Waals surface area (Å²) in [4.78, 5) is 15.2. The molecule has 2 fully saturated rings. The van der Waals surface area contributed by atoms with Gasteiger partial charge in [-0.05, 0) is 25.7 Å². The van der Waals surface area contributed by atoms with E-state index in [4.69, 9.17) is 0 Å². The van der Waals surface area contributed by atoms with Crippen molar-refractivity contribution in [1.82, 2.24) is 20.0 Å². The van der Waals surface area contributed by atoms with Crippen LogP contribution >= 0.6 is 0 Å². The lowest BCUT2D eigenvalue weighted by Gasteiger charge is -2.39. The van der Waals surface area contributed by atoms with Crippen molar-refractivity contribution in [1.29, 1.82) is 0 Å². The quantitative estimate of drug-likeness (QED) is 0.929. The first kappa shape index (κ1) is 14.2. The van der Waals surface area contributed by atoms with Crippen molar-refractivity contribution in [3.8, 4) is 0 Å². The van der Waals surface area contributed by atoms with Gasteiger partial charge in [0, 0.05) is 49.9 Å². The number of carbonyl (C=O) groups is 1. The smallest absolute Gasteiger partial charge is 0.272 e. The summed E-state index contributed by atoms with van der Waals surface area (Å²) in [6, 6.07) is 1.09. The predicted octanol–water partition coefficient (Wildman–Crippen LogP) is 2.00. The van der Waals surface area contributed by atoms with E-state index in [1.165, 1.54) is 43.4 Å². The Hall–Kier alpha value is -1.36. The lowest BCUT2D eigenvalue weighted by molar-refractivity contribution is 0.0921. The molecule has 2 heterocycles. The highest BCUT2D eigenvalue weighted by molar-refractivity contribution is 5.94. The lowest BCUT2D eigenvalue weighted by atomic mass is 9.89. The molecule has 1 aromatic heterocycles. The Morgan fingerprint density at radius 2 is 1.95 bits per heavy atom. The van der Waals surface area contributed by atoms with Crippen LogP contribution in [0.25, 0.3) is 0 Å². The number of nitrogens with one attached hydrogen (secondary N) is 1. The van der Waals surface area contributed by atoms with E-state index in [0.29, 0.717) is 11.7 Å². The Balaban J connectivity index is 1.54. The maximum atomic E-state index is 12.6. The van der Waals surface area contributed by atoms with Crippen molar-refractivity contribution in [2.45, 2.75) is 70.0 Å². The van der Waals surface area contributed by atoms with Gasteiger partial charge in [0.25, 0.3) is 5.91 Å². The van der Waals surface area contributed by atoms with E-state index in [1.54, 1.807) is 0 Å². The number of aryl methyl sites for hydroxylation is 1. The molecule has 1 amide bonds. The first-order chi connectivity index (χ1) is 10.7. The lowest BCUT2D eigenvalue weighted by Crippen LogP contribution is -2.43. The van der Waals surface area contributed by atoms with Crippen LogP contribution in [0.2, 0.25) is 0 Å². The van der Waals surface area contributed by atoms with Crippen LogP contribution in [0.4, 0.5) is 0 Å². The summed E-state index contributed by atoms with van der Waals surface area (Å²) in [7, 11) is 1.98. The molecule has 0 bridgehead atoms. The molecule has 3 aliphatic rings. The highest BCUT2D eigenvalue weighted by Crippen LogP contribution is 2.31. The largest absolute Gasteiger partial charge is 0.348 e. The topological polar surface area (TPSA) is 50.2 Å². The SMILES string of the molecule is Cn1nc(C(=O)NC2CCCC2)c2c1CCN(C1CCC1)C2. The van der Waals surface area contributed by atoms with Crippen LogP contribution in [-0.4, -0.2) is 39.2 Å². The van der Waals surface area contributed by atoms with Crippen molar-refractivity contribution in [2.24, 2.45) is 7.05 Å². The van der Waals surface area contributed by atoms with Crippen LogP contribution in [-0.2, 0) is 20.0 Å². The molecule has 120 valence electrons. The third-order valence-electron chi connectivity index (χ3n) is 5.77. The Bertz CT molecular complexity index is 569. The molecule has 5 nitrogen and oxygen atoms in total. The summed E-state index contributed by atoms with van der Waals surface area (Å²) in [5, 5.41) is 7.75. The van der Waals surface area contributed by atoms with E-state index in [1.807, 2.05) is 11.7 Å². The van der Waals surface area contributed by atoms with E-state index >= 15 is 0 Å². The van der Waals surface area contributed by atoms with Gasteiger partial charge in [0.05, 0.1) is 0 Å². The fourth-order valence-electron chi connectivity index (χ4n) is 4.18. The van der Waals surface area contributed by atoms with Crippen molar-refractivity contribution >= 4 is 5.91 Å². The second kappa shape index (κ2) is 5.69. The van der Waals surface area contributed by atoms with Gasteiger partial charge in [0.15, 0.2) is 5.69 Å². The molecule has 2 aliphatic carbocycles. The Morgan fingerprint density at radius 3 is 2.64 bits per heavy atom. The van der Waals surface area contributed by atoms with Crippen molar-refractivity contribution in [2.75, 3.05) is 6.54 Å². The number of hydrogen-bond acceptors (Lipinski definition) is 3. The molecule has 0 radical (unpaired) electrons. The van der Waals surface area contributed by atoms with Gasteiger partial charge in [-0.25, -0.2) is 0 Å². The summed E-state index contributed by atoms with van der Waals surface area (Å²) in [6.07, 6.45) is 9.73. The zero-order valence-electron chi connectivity index (χ0n) is 13.5. The summed E-state index contributed by atoms with van der Waals surface area (Å²) in [5.74, 6) is 0.0409. The van der Waals surface area contributed by atoms with E-state index in [2.05, 4.69) is 15.3 Å². The summed E-state index contributed by atoms with van der Waals surface area (Å²) in [5.41, 5.74) is 3.11. The molecule has 0 saturated heterocycles. The molecule has 2 saturated carbocycles. The molecule has 22 heavy (non-hydrogen) atoms. The maximum absolute atomic E-state index is 12.6. The molecule has 0 aromatic carbocycles. The van der Waals surface area contributed by atoms with Crippen molar-refractivity contribution in [3.63, 3.8) is 0 Å². The first-order valence-corrected chi connectivity index (χ1v) is 8.82. The molecule has 0 atom stereocenters. The number of carbonyl (C=O) groups excluding carboxylic acids is 1. The van der Waals surface area contributed by atoms with Crippen LogP contribution in [0.5, 0.6) is 0 Å². The van der Waals surface area contributed by atoms with Gasteiger partial charge in [0.2, 0.25) is 0 Å². The van der Waals surface area contributed by atoms with Gasteiger partial charge in [-0.15, -0.1) is 0 Å². The Morgan fingerprint density at radius 1 is 1.18 bits per heavy atom. The zero-order chi connectivity index (χ0) is 15.1. The highest BCUT2D eigenvalue weighted by Gasteiger charge is 2.33. The molecule has 5 heteroatoms. The van der Waals surface area contributed by atoms with Crippen LogP contribution in [0.3, 0.4) is 0 Å². The summed E-state index contributed by atoms with van der Waals surface area (Å²) < 4.78 is 1.93. The normalized spacial score (nSPS) is 23.3. The number of rotatable bonds is 3. The van der Waals surface area contributed by atoms with Gasteiger partial charge in [-0.1, -0.05) is 19.3 Å². The molecule has 1 aromatic rings. The van der Waals surface area contributed by atoms with Crippen molar-refractivity contribution in [3.05, 3.63) is 17.0 Å². The monoisotopic (exact) mass is 302 g/mol. The summed E-state index contributed by atoms with van der Waals surface area (Å²) in [6.45, 7) is 2.02. The van der Waals surface area contributed by atoms with Crippen molar-refractivity contribution < 1.29 is 4.79 Å². The highest BCUT2D eigenvalue weighted by atomic mass is 16.2. The zero-order valence-corrected chi connectivity index (χ0v) is 13.5. The second-order valence-electron chi connectivity index (χ2n) is 7.16. The van der Waals surface area contributed by atoms with Crippen LogP contribution < -0.4 is 5.32 Å². The standard InChI is InChI=1S/C17H26N4O/c1-20-15-9-10-21(13-7-4-8-13)11-14(15)16(19-20)17(22)18-12-5-2-3-6-12/h12-13H,2-11H2,1H3,(H,18,22). The van der Waals surface area contributed by atoms with Gasteiger partial charge in [-0.3, -0.25) is 14.4 Å². The van der Waals surface area contributed by atoms with Crippen LogP contribution in [0.15, 0.2) is 0 Å². The Kier molecular flexibility index (Phi) is 3.68. The maximum Gasteiger partial charge on any atom is 0.272 e. The average Bonchev–Trinajstić information content (AvgIpc) is 3.05. The number of hydrogen-bond donors (Lipinski definition) is 1. The molecule has 1 aliphatic heterocycles. The van der Waals surface area contributed by atoms with Crippen LogP contribution in [0.1, 0.15) is 66.7 Å². The van der Waals surface area contributed by atoms with Crippen LogP contribution in [0, 0.1) is 0 Å². The molecular weight excluding hydrogens is 276 g/mol. The number of aromatic nitrogens is 2. The molecule has 1 N–H and O–H groups in total. The third-order valence-corrected chi connectivity index (χ3v) is 5.77. The Labute approximate surface area is 132 Å². The average molecular weight is 302 g/mol. The van der Waals surface area contributed by atoms with Gasteiger partial charge in [-0.2, -0.15) is 5.10 Å². The fraction of sp³-hybridized carbons (Fsp3) is 0.765. The molecule has 0 spiro atoms. The van der Waals surface area contributed by atoms with Gasteiger partial charge < -0.3 is 5.32 Å². The minimum atomic E-state index is 0.0409. The number of fused-ring (bicyclic) bond motifs is 1. The van der Waals surface area contributed by atoms with E-state index in [0.717, 1.165) is 38.4 Å². The van der Waals surface area contributed by atoms with E-state index < -0.39 is 0 Å². The molecule has 0 unspecified atom stereocenters. The minimum absolute atomic E-state index is 0.0409. The molecular formula is C17H26N4O. The first-order valence-electron chi connectivity index (χ1n) is 8.82. The van der Waals surface area contributed by atoms with Gasteiger partial charge >= 0.3 is 0 Å². The van der Waals surface area contributed by atoms with E-state index in [-0.39, 0.29) is 5.91 Å². The molecule has 4 rings (SSSR count). The third kappa shape index (κ3) is 2.45. The number of amides is 1. The predicted molar refractivity (Wildman–Crippen MR) is 84.7 cm³/mol. The fourth-order valence-corrected chi connectivity index (χ4v) is 4.18. The van der Waals surface area contributed by atoms with Gasteiger partial charge in [0.1, 0.15) is 0 Å².